The number of hydrogen-bond donors (Lipinski definition) is 0. The van der Waals surface area contributed by atoms with Crippen molar-refractivity contribution in [1.82, 2.24) is 0 Å². The minimum Gasteiger partial charge on any atom is -0.418 e. The number of halogens is 13. The molecule has 1 saturated heterocycles. The summed E-state index contributed by atoms with van der Waals surface area (Å²) in [6.07, 6.45) is 2.77. The molecule has 1 aliphatic heterocycles. The Hall–Kier alpha value is -0.435. The molecule has 0 amide bonds. The maximum Gasteiger partial charge on any atom is 0.673 e. The number of ether oxygens (including phenoxy) is 1. The van der Waals surface area contributed by atoms with E-state index in [1.165, 1.54) is 37.0 Å². The highest BCUT2D eigenvalue weighted by atomic mass is 35.5. The van der Waals surface area contributed by atoms with Crippen LogP contribution in [0.5, 0.6) is 0 Å². The molecule has 0 aromatic rings. The molecule has 1 fully saturated rings. The van der Waals surface area contributed by atoms with Crippen LogP contribution in [0.25, 0.3) is 0 Å². The zero-order chi connectivity index (χ0) is 20.9. The summed E-state index contributed by atoms with van der Waals surface area (Å²) in [6, 6.07) is 0. The van der Waals surface area contributed by atoms with E-state index >= 15 is 0 Å². The van der Waals surface area contributed by atoms with Crippen molar-refractivity contribution in [3.63, 3.8) is 0 Å². The van der Waals surface area contributed by atoms with Crippen LogP contribution in [0.4, 0.5) is 51.8 Å². The molecular weight excluding hydrogens is 422 g/mol. The van der Waals surface area contributed by atoms with Gasteiger partial charge in [-0.3, -0.25) is 0 Å². The van der Waals surface area contributed by atoms with Crippen molar-refractivity contribution in [3.8, 4) is 0 Å². The van der Waals surface area contributed by atoms with Gasteiger partial charge in [0.15, 0.2) is 6.73 Å². The van der Waals surface area contributed by atoms with E-state index in [0.717, 1.165) is 6.73 Å². The van der Waals surface area contributed by atoms with Crippen molar-refractivity contribution < 1.29 is 61.0 Å². The Morgan fingerprint density at radius 3 is 1.08 bits per heavy atom. The standard InChI is InChI=1S/C8H18NO.3BF4.ClH/c1-3-9(8-10-2)6-4-5-7-9;3*2-1(3,4)5;/h3-8H2,1-2H3;;;;1H/q+1;3*-1;. The van der Waals surface area contributed by atoms with Gasteiger partial charge in [-0.05, 0) is 6.92 Å². The van der Waals surface area contributed by atoms with E-state index in [9.17, 15) is 51.8 Å². The monoisotopic (exact) mass is 441 g/mol. The second kappa shape index (κ2) is 14.6. The van der Waals surface area contributed by atoms with Gasteiger partial charge < -0.3 is 61.0 Å². The van der Waals surface area contributed by atoms with Crippen LogP contribution in [-0.2, 0) is 4.74 Å². The molecule has 0 bridgehead atoms. The Balaban J connectivity index is -0.000000132. The molecular formula is C8H19B3ClF12NO-2. The molecule has 0 saturated carbocycles. The van der Waals surface area contributed by atoms with Gasteiger partial charge in [0.2, 0.25) is 0 Å². The highest BCUT2D eigenvalue weighted by Crippen LogP contribution is 2.18. The predicted molar refractivity (Wildman–Crippen MR) is 79.5 cm³/mol. The maximum absolute atomic E-state index is 9.75. The first kappa shape index (κ1) is 33.2. The molecule has 1 rings (SSSR count). The van der Waals surface area contributed by atoms with E-state index in [4.69, 9.17) is 4.74 Å². The van der Waals surface area contributed by atoms with E-state index in [1.54, 1.807) is 7.11 Å². The summed E-state index contributed by atoms with van der Waals surface area (Å²) in [5.74, 6) is 0. The Bertz CT molecular complexity index is 275. The van der Waals surface area contributed by atoms with Crippen molar-refractivity contribution in [2.24, 2.45) is 0 Å². The molecule has 0 atom stereocenters. The van der Waals surface area contributed by atoms with Crippen molar-refractivity contribution in [1.29, 1.82) is 0 Å². The summed E-state index contributed by atoms with van der Waals surface area (Å²) < 4.78 is 123. The smallest absolute Gasteiger partial charge is 0.418 e. The van der Waals surface area contributed by atoms with Gasteiger partial charge >= 0.3 is 21.8 Å². The largest absolute Gasteiger partial charge is 0.673 e. The molecule has 18 heteroatoms. The van der Waals surface area contributed by atoms with E-state index in [-0.39, 0.29) is 12.4 Å². The minimum absolute atomic E-state index is 0. The van der Waals surface area contributed by atoms with Gasteiger partial charge in [0.05, 0.1) is 19.6 Å². The first-order valence-electron chi connectivity index (χ1n) is 6.79. The molecule has 0 aromatic carbocycles. The summed E-state index contributed by atoms with van der Waals surface area (Å²) in [6.45, 7) is 7.04. The van der Waals surface area contributed by atoms with Gasteiger partial charge in [-0.2, -0.15) is 0 Å². The number of likely N-dealkylation sites (tertiary alicyclic amines) is 1. The van der Waals surface area contributed by atoms with Crippen LogP contribution in [0.15, 0.2) is 0 Å². The zero-order valence-corrected chi connectivity index (χ0v) is 14.6. The van der Waals surface area contributed by atoms with Crippen LogP contribution < -0.4 is 0 Å². The van der Waals surface area contributed by atoms with Crippen LogP contribution in [0.3, 0.4) is 0 Å². The van der Waals surface area contributed by atoms with Crippen LogP contribution in [0, 0.1) is 0 Å². The fraction of sp³-hybridized carbons (Fsp3) is 1.00. The molecule has 0 radical (unpaired) electrons. The van der Waals surface area contributed by atoms with Crippen LogP contribution in [0.2, 0.25) is 0 Å². The zero-order valence-electron chi connectivity index (χ0n) is 13.8. The third-order valence-corrected chi connectivity index (χ3v) is 2.59. The van der Waals surface area contributed by atoms with Crippen molar-refractivity contribution in [2.45, 2.75) is 19.8 Å². The Morgan fingerprint density at radius 2 is 0.923 bits per heavy atom. The Kier molecular flexibility index (Phi) is 18.6. The lowest BCUT2D eigenvalue weighted by Gasteiger charge is -2.31. The fourth-order valence-electron chi connectivity index (χ4n) is 1.82. The quantitative estimate of drug-likeness (QED) is 0.318. The van der Waals surface area contributed by atoms with Gasteiger partial charge in [0, 0.05) is 20.0 Å². The Morgan fingerprint density at radius 1 is 0.692 bits per heavy atom. The highest BCUT2D eigenvalue weighted by molar-refractivity contribution is 6.50. The number of quaternary nitrogens is 1. The van der Waals surface area contributed by atoms with Crippen LogP contribution in [-0.4, -0.2) is 59.7 Å². The summed E-state index contributed by atoms with van der Waals surface area (Å²) in [4.78, 5) is 0. The van der Waals surface area contributed by atoms with Crippen molar-refractivity contribution in [2.75, 3.05) is 33.5 Å². The average molecular weight is 441 g/mol. The number of nitrogens with zero attached hydrogens (tertiary/aromatic N) is 1. The maximum atomic E-state index is 9.75. The molecule has 1 heterocycles. The van der Waals surface area contributed by atoms with Crippen LogP contribution in [0.1, 0.15) is 19.8 Å². The molecule has 1 aliphatic rings. The lowest BCUT2D eigenvalue weighted by molar-refractivity contribution is -0.932. The normalized spacial score (nSPS) is 15.9. The molecule has 0 N–H and O–H groups in total. The van der Waals surface area contributed by atoms with Gasteiger partial charge in [0.1, 0.15) is 0 Å². The Labute approximate surface area is 149 Å². The molecule has 0 spiro atoms. The number of hydrogen-bond acceptors (Lipinski definition) is 1. The fourth-order valence-corrected chi connectivity index (χ4v) is 1.82. The van der Waals surface area contributed by atoms with Gasteiger partial charge in [-0.15, -0.1) is 12.4 Å². The van der Waals surface area contributed by atoms with Crippen molar-refractivity contribution in [3.05, 3.63) is 0 Å². The van der Waals surface area contributed by atoms with E-state index in [0.29, 0.717) is 0 Å². The second-order valence-electron chi connectivity index (χ2n) is 4.71. The first-order valence-corrected chi connectivity index (χ1v) is 6.79. The van der Waals surface area contributed by atoms with Gasteiger partial charge in [0.25, 0.3) is 0 Å². The minimum atomic E-state index is -6.00. The summed E-state index contributed by atoms with van der Waals surface area (Å²) in [5, 5.41) is 0. The predicted octanol–water partition coefficient (Wildman–Crippen LogP) is 5.54. The third-order valence-electron chi connectivity index (χ3n) is 2.59. The molecule has 26 heavy (non-hydrogen) atoms. The second-order valence-corrected chi connectivity index (χ2v) is 4.71. The van der Waals surface area contributed by atoms with Gasteiger partial charge in [-0.25, -0.2) is 0 Å². The molecule has 2 nitrogen and oxygen atoms in total. The van der Waals surface area contributed by atoms with E-state index in [1.807, 2.05) is 0 Å². The SMILES string of the molecule is CC[N+]1(COC)CCCC1.Cl.F[B-](F)(F)F.F[B-](F)(F)F.F[B-](F)(F)F. The lowest BCUT2D eigenvalue weighted by Crippen LogP contribution is -2.46. The van der Waals surface area contributed by atoms with E-state index < -0.39 is 21.8 Å². The van der Waals surface area contributed by atoms with E-state index in [2.05, 4.69) is 6.92 Å². The molecule has 0 aromatic heterocycles. The van der Waals surface area contributed by atoms with Crippen LogP contribution >= 0.6 is 12.4 Å². The first-order chi connectivity index (χ1) is 10.8. The average Bonchev–Trinajstić information content (AvgIpc) is 2.72. The summed E-state index contributed by atoms with van der Waals surface area (Å²) >= 11 is 0. The molecule has 164 valence electrons. The van der Waals surface area contributed by atoms with Crippen molar-refractivity contribution >= 4 is 34.2 Å². The number of rotatable bonds is 3. The van der Waals surface area contributed by atoms with Gasteiger partial charge in [-0.1, -0.05) is 0 Å². The molecule has 0 unspecified atom stereocenters. The molecule has 0 aliphatic carbocycles. The topological polar surface area (TPSA) is 9.23 Å². The lowest BCUT2D eigenvalue weighted by atomic mass is 10.3. The third kappa shape index (κ3) is 49.5. The number of methoxy groups -OCH3 is 1. The summed E-state index contributed by atoms with van der Waals surface area (Å²) in [5.41, 5.74) is 0. The summed E-state index contributed by atoms with van der Waals surface area (Å²) in [7, 11) is -16.2. The highest BCUT2D eigenvalue weighted by Gasteiger charge is 2.29.